The summed E-state index contributed by atoms with van der Waals surface area (Å²) in [4.78, 5) is 28.8. The van der Waals surface area contributed by atoms with Crippen molar-refractivity contribution in [2.75, 3.05) is 6.61 Å². The molecule has 3 rings (SSSR count). The zero-order valence-electron chi connectivity index (χ0n) is 14.8. The number of amides is 2. The number of guanidine groups is 1. The third-order valence-corrected chi connectivity index (χ3v) is 4.04. The number of benzene rings is 2. The van der Waals surface area contributed by atoms with Gasteiger partial charge in [-0.25, -0.2) is 4.99 Å². The molecular formula is C20H21N3O3. The van der Waals surface area contributed by atoms with Crippen LogP contribution in [0.1, 0.15) is 40.9 Å². The van der Waals surface area contributed by atoms with Gasteiger partial charge in [-0.05, 0) is 43.7 Å². The Morgan fingerprint density at radius 3 is 2.54 bits per heavy atom. The van der Waals surface area contributed by atoms with Gasteiger partial charge < -0.3 is 4.74 Å². The van der Waals surface area contributed by atoms with Gasteiger partial charge in [-0.1, -0.05) is 29.8 Å². The van der Waals surface area contributed by atoms with Crippen molar-refractivity contribution in [3.63, 3.8) is 0 Å². The van der Waals surface area contributed by atoms with Crippen molar-refractivity contribution in [3.8, 4) is 5.75 Å². The molecule has 0 aliphatic carbocycles. The fraction of sp³-hybridized carbons (Fsp3) is 0.250. The lowest BCUT2D eigenvalue weighted by Gasteiger charge is -2.21. The van der Waals surface area contributed by atoms with Gasteiger partial charge >= 0.3 is 0 Å². The van der Waals surface area contributed by atoms with Crippen molar-refractivity contribution >= 4 is 17.8 Å². The molecule has 0 fully saturated rings. The van der Waals surface area contributed by atoms with E-state index >= 15 is 0 Å². The lowest BCUT2D eigenvalue weighted by molar-refractivity contribution is -0.120. The van der Waals surface area contributed by atoms with E-state index in [0.717, 1.165) is 16.9 Å². The van der Waals surface area contributed by atoms with E-state index in [4.69, 9.17) is 4.74 Å². The van der Waals surface area contributed by atoms with Gasteiger partial charge in [0.05, 0.1) is 19.1 Å². The van der Waals surface area contributed by atoms with Gasteiger partial charge in [0.1, 0.15) is 5.75 Å². The van der Waals surface area contributed by atoms with Crippen LogP contribution in [0.3, 0.4) is 0 Å². The molecule has 2 aromatic rings. The predicted molar refractivity (Wildman–Crippen MR) is 99.2 cm³/mol. The molecule has 2 amide bonds. The summed E-state index contributed by atoms with van der Waals surface area (Å²) in [5, 5.41) is 5.29. The molecule has 2 N–H and O–H groups in total. The molecule has 0 saturated heterocycles. The van der Waals surface area contributed by atoms with E-state index < -0.39 is 0 Å². The molecular weight excluding hydrogens is 330 g/mol. The number of hydrogen-bond acceptors (Lipinski definition) is 4. The summed E-state index contributed by atoms with van der Waals surface area (Å²) < 4.78 is 5.43. The van der Waals surface area contributed by atoms with Crippen LogP contribution in [0, 0.1) is 6.92 Å². The van der Waals surface area contributed by atoms with Crippen molar-refractivity contribution in [2.45, 2.75) is 26.3 Å². The monoisotopic (exact) mass is 351 g/mol. The number of aliphatic imine (C=N–C) groups is 1. The maximum Gasteiger partial charge on any atom is 0.257 e. The molecule has 0 saturated carbocycles. The molecule has 0 unspecified atom stereocenters. The first kappa shape index (κ1) is 17.7. The second-order valence-corrected chi connectivity index (χ2v) is 6.07. The van der Waals surface area contributed by atoms with Crippen LogP contribution in [0.4, 0.5) is 0 Å². The van der Waals surface area contributed by atoms with Crippen molar-refractivity contribution in [1.29, 1.82) is 0 Å². The minimum absolute atomic E-state index is 0.172. The van der Waals surface area contributed by atoms with E-state index in [0.29, 0.717) is 12.2 Å². The van der Waals surface area contributed by atoms with Crippen LogP contribution in [0.5, 0.6) is 5.75 Å². The maximum absolute atomic E-state index is 12.3. The Labute approximate surface area is 152 Å². The normalized spacial score (nSPS) is 16.5. The summed E-state index contributed by atoms with van der Waals surface area (Å²) in [7, 11) is 0. The molecule has 6 nitrogen and oxygen atoms in total. The molecule has 0 bridgehead atoms. The average molecular weight is 351 g/mol. The lowest BCUT2D eigenvalue weighted by atomic mass is 10.0. The summed E-state index contributed by atoms with van der Waals surface area (Å²) in [6.07, 6.45) is 0.234. The highest BCUT2D eigenvalue weighted by Crippen LogP contribution is 2.25. The first-order chi connectivity index (χ1) is 12.5. The van der Waals surface area contributed by atoms with Gasteiger partial charge in [-0.2, -0.15) is 0 Å². The zero-order chi connectivity index (χ0) is 18.5. The Bertz CT molecular complexity index is 826. The van der Waals surface area contributed by atoms with Crippen molar-refractivity contribution in [1.82, 2.24) is 10.6 Å². The second-order valence-electron chi connectivity index (χ2n) is 6.07. The van der Waals surface area contributed by atoms with Gasteiger partial charge in [-0.15, -0.1) is 0 Å². The van der Waals surface area contributed by atoms with Crippen molar-refractivity contribution < 1.29 is 14.3 Å². The fourth-order valence-electron chi connectivity index (χ4n) is 2.69. The first-order valence-corrected chi connectivity index (χ1v) is 8.53. The summed E-state index contributed by atoms with van der Waals surface area (Å²) >= 11 is 0. The topological polar surface area (TPSA) is 79.8 Å². The SMILES string of the molecule is CCOc1ccc([C@H]2CC(=O)NC(NC(=O)c3ccc(C)cc3)=N2)cc1. The molecule has 1 aliphatic heterocycles. The second kappa shape index (κ2) is 7.82. The third kappa shape index (κ3) is 4.27. The van der Waals surface area contributed by atoms with E-state index in [9.17, 15) is 9.59 Å². The van der Waals surface area contributed by atoms with Crippen LogP contribution in [0.2, 0.25) is 0 Å². The van der Waals surface area contributed by atoms with Crippen LogP contribution in [-0.4, -0.2) is 24.4 Å². The van der Waals surface area contributed by atoms with Crippen molar-refractivity contribution in [2.24, 2.45) is 4.99 Å². The van der Waals surface area contributed by atoms with Crippen molar-refractivity contribution in [3.05, 3.63) is 65.2 Å². The van der Waals surface area contributed by atoms with Crippen LogP contribution < -0.4 is 15.4 Å². The van der Waals surface area contributed by atoms with E-state index in [1.807, 2.05) is 50.2 Å². The number of nitrogens with zero attached hydrogens (tertiary/aromatic N) is 1. The molecule has 6 heteroatoms. The standard InChI is InChI=1S/C20H21N3O3/c1-3-26-16-10-8-14(9-11-16)17-12-18(24)22-20(21-17)23-19(25)15-6-4-13(2)5-7-15/h4-11,17H,3,12H2,1-2H3,(H2,21,22,23,24,25)/t17-/m1/s1. The number of ether oxygens (including phenoxy) is 1. The number of nitrogens with one attached hydrogen (secondary N) is 2. The molecule has 0 spiro atoms. The maximum atomic E-state index is 12.3. The number of carbonyl (C=O) groups excluding carboxylic acids is 2. The summed E-state index contributed by atoms with van der Waals surface area (Å²) in [6, 6.07) is 14.3. The van der Waals surface area contributed by atoms with Crippen LogP contribution in [0.15, 0.2) is 53.5 Å². The average Bonchev–Trinajstić information content (AvgIpc) is 2.62. The number of carbonyl (C=O) groups is 2. The van der Waals surface area contributed by atoms with Gasteiger partial charge in [0.15, 0.2) is 0 Å². The molecule has 1 aliphatic rings. The molecule has 0 radical (unpaired) electrons. The highest BCUT2D eigenvalue weighted by molar-refractivity contribution is 6.10. The molecule has 2 aromatic carbocycles. The van der Waals surface area contributed by atoms with Gasteiger partial charge in [0.25, 0.3) is 5.91 Å². The highest BCUT2D eigenvalue weighted by atomic mass is 16.5. The smallest absolute Gasteiger partial charge is 0.257 e. The summed E-state index contributed by atoms with van der Waals surface area (Å²) in [6.45, 7) is 4.47. The van der Waals surface area contributed by atoms with Crippen LogP contribution in [-0.2, 0) is 4.79 Å². The predicted octanol–water partition coefficient (Wildman–Crippen LogP) is 2.74. The fourth-order valence-corrected chi connectivity index (χ4v) is 2.69. The highest BCUT2D eigenvalue weighted by Gasteiger charge is 2.23. The van der Waals surface area contributed by atoms with E-state index in [2.05, 4.69) is 15.6 Å². The molecule has 26 heavy (non-hydrogen) atoms. The Hall–Kier alpha value is -3.15. The minimum Gasteiger partial charge on any atom is -0.494 e. The van der Waals surface area contributed by atoms with E-state index in [1.165, 1.54) is 0 Å². The molecule has 134 valence electrons. The Balaban J connectivity index is 1.75. The number of aryl methyl sites for hydroxylation is 1. The molecule has 0 aromatic heterocycles. The Morgan fingerprint density at radius 2 is 1.88 bits per heavy atom. The third-order valence-electron chi connectivity index (χ3n) is 4.04. The zero-order valence-corrected chi connectivity index (χ0v) is 14.8. The lowest BCUT2D eigenvalue weighted by Crippen LogP contribution is -2.47. The summed E-state index contributed by atoms with van der Waals surface area (Å²) in [5.74, 6) is 0.452. The quantitative estimate of drug-likeness (QED) is 0.889. The Kier molecular flexibility index (Phi) is 5.31. The Morgan fingerprint density at radius 1 is 1.19 bits per heavy atom. The molecule has 1 atom stereocenters. The minimum atomic E-state index is -0.340. The van der Waals surface area contributed by atoms with E-state index in [-0.39, 0.29) is 30.2 Å². The van der Waals surface area contributed by atoms with Crippen LogP contribution >= 0.6 is 0 Å². The van der Waals surface area contributed by atoms with Gasteiger partial charge in [0, 0.05) is 5.56 Å². The van der Waals surface area contributed by atoms with Gasteiger partial charge in [0.2, 0.25) is 11.9 Å². The largest absolute Gasteiger partial charge is 0.494 e. The first-order valence-electron chi connectivity index (χ1n) is 8.53. The number of hydrogen-bond donors (Lipinski definition) is 2. The molecule has 1 heterocycles. The van der Waals surface area contributed by atoms with Crippen LogP contribution in [0.25, 0.3) is 0 Å². The van der Waals surface area contributed by atoms with E-state index in [1.54, 1.807) is 12.1 Å². The summed E-state index contributed by atoms with van der Waals surface area (Å²) in [5.41, 5.74) is 2.47. The number of rotatable bonds is 4. The van der Waals surface area contributed by atoms with Gasteiger partial charge in [-0.3, -0.25) is 20.2 Å².